The summed E-state index contributed by atoms with van der Waals surface area (Å²) in [5.41, 5.74) is 2.37. The molecule has 0 saturated heterocycles. The molecule has 0 fully saturated rings. The Morgan fingerprint density at radius 1 is 1.42 bits per heavy atom. The highest BCUT2D eigenvalue weighted by Crippen LogP contribution is 2.23. The zero-order valence-corrected chi connectivity index (χ0v) is 7.12. The van der Waals surface area contributed by atoms with Gasteiger partial charge in [0.15, 0.2) is 0 Å². The van der Waals surface area contributed by atoms with Gasteiger partial charge >= 0.3 is 0 Å². The van der Waals surface area contributed by atoms with Crippen molar-refractivity contribution in [3.05, 3.63) is 29.8 Å². The van der Waals surface area contributed by atoms with Crippen LogP contribution in [0.2, 0.25) is 0 Å². The first-order valence-electron chi connectivity index (χ1n) is 4.30. The number of benzene rings is 1. The molecule has 1 aliphatic rings. The Hall–Kier alpha value is -1.02. The summed E-state index contributed by atoms with van der Waals surface area (Å²) in [5, 5.41) is 12.8. The van der Waals surface area contributed by atoms with E-state index >= 15 is 0 Å². The van der Waals surface area contributed by atoms with E-state index in [2.05, 4.69) is 17.4 Å². The van der Waals surface area contributed by atoms with Crippen molar-refractivity contribution < 1.29 is 5.11 Å². The summed E-state index contributed by atoms with van der Waals surface area (Å²) in [6, 6.07) is 8.29. The van der Waals surface area contributed by atoms with Gasteiger partial charge in [-0.05, 0) is 18.6 Å². The van der Waals surface area contributed by atoms with E-state index < -0.39 is 0 Å². The lowest BCUT2D eigenvalue weighted by atomic mass is 9.97. The molecule has 0 spiro atoms. The van der Waals surface area contributed by atoms with Crippen LogP contribution in [0.4, 0.5) is 5.69 Å². The topological polar surface area (TPSA) is 32.3 Å². The molecule has 2 heteroatoms. The first-order valence-corrected chi connectivity index (χ1v) is 4.30. The summed E-state index contributed by atoms with van der Waals surface area (Å²) in [4.78, 5) is 0. The van der Waals surface area contributed by atoms with E-state index in [0.29, 0.717) is 0 Å². The number of aliphatic hydroxyl groups is 1. The maximum atomic E-state index is 9.56. The zero-order valence-electron chi connectivity index (χ0n) is 7.12. The van der Waals surface area contributed by atoms with Gasteiger partial charge in [0.05, 0.1) is 6.10 Å². The van der Waals surface area contributed by atoms with Gasteiger partial charge in [-0.25, -0.2) is 0 Å². The fourth-order valence-corrected chi connectivity index (χ4v) is 1.58. The number of hydrogen-bond acceptors (Lipinski definition) is 2. The minimum absolute atomic E-state index is 0.167. The second-order valence-electron chi connectivity index (χ2n) is 3.36. The molecule has 0 radical (unpaired) electrons. The average molecular weight is 163 g/mol. The molecule has 2 nitrogen and oxygen atoms in total. The fourth-order valence-electron chi connectivity index (χ4n) is 1.58. The van der Waals surface area contributed by atoms with Crippen molar-refractivity contribution in [2.45, 2.75) is 25.5 Å². The standard InChI is InChI=1S/C10H13NO/c1-7-10(12)6-8-4-2-3-5-9(8)11-7/h2-5,7,10-12H,6H2,1H3/t7-,10+/m0/s1. The number of hydrogen-bond donors (Lipinski definition) is 2. The van der Waals surface area contributed by atoms with Gasteiger partial charge < -0.3 is 10.4 Å². The number of para-hydroxylation sites is 1. The van der Waals surface area contributed by atoms with Crippen LogP contribution in [0.3, 0.4) is 0 Å². The maximum absolute atomic E-state index is 9.56. The molecule has 0 aromatic heterocycles. The average Bonchev–Trinajstić information content (AvgIpc) is 2.07. The van der Waals surface area contributed by atoms with Gasteiger partial charge in [0, 0.05) is 18.2 Å². The molecule has 2 atom stereocenters. The van der Waals surface area contributed by atoms with E-state index in [0.717, 1.165) is 12.1 Å². The summed E-state index contributed by atoms with van der Waals surface area (Å²) in [7, 11) is 0. The van der Waals surface area contributed by atoms with E-state index in [-0.39, 0.29) is 12.1 Å². The summed E-state index contributed by atoms with van der Waals surface area (Å²) in [5.74, 6) is 0. The lowest BCUT2D eigenvalue weighted by Gasteiger charge is -2.28. The monoisotopic (exact) mass is 163 g/mol. The van der Waals surface area contributed by atoms with Crippen molar-refractivity contribution in [2.75, 3.05) is 5.32 Å². The molecular weight excluding hydrogens is 150 g/mol. The molecule has 0 bridgehead atoms. The Labute approximate surface area is 72.2 Å². The summed E-state index contributed by atoms with van der Waals surface area (Å²) in [6.07, 6.45) is 0.518. The maximum Gasteiger partial charge on any atom is 0.0779 e. The van der Waals surface area contributed by atoms with Gasteiger partial charge in [-0.1, -0.05) is 18.2 Å². The van der Waals surface area contributed by atoms with Crippen molar-refractivity contribution >= 4 is 5.69 Å². The first-order chi connectivity index (χ1) is 5.77. The van der Waals surface area contributed by atoms with Gasteiger partial charge in [-0.2, -0.15) is 0 Å². The molecule has 1 aromatic rings. The van der Waals surface area contributed by atoms with Crippen molar-refractivity contribution in [2.24, 2.45) is 0 Å². The van der Waals surface area contributed by atoms with Crippen LogP contribution < -0.4 is 5.32 Å². The Kier molecular flexibility index (Phi) is 1.77. The molecule has 64 valence electrons. The first kappa shape index (κ1) is 7.62. The normalized spacial score (nSPS) is 27.5. The fraction of sp³-hybridized carbons (Fsp3) is 0.400. The largest absolute Gasteiger partial charge is 0.391 e. The number of rotatable bonds is 0. The Morgan fingerprint density at radius 2 is 2.17 bits per heavy atom. The lowest BCUT2D eigenvalue weighted by molar-refractivity contribution is 0.154. The molecule has 1 aromatic carbocycles. The van der Waals surface area contributed by atoms with Crippen LogP contribution in [0.15, 0.2) is 24.3 Å². The van der Waals surface area contributed by atoms with Crippen LogP contribution in [-0.4, -0.2) is 17.3 Å². The van der Waals surface area contributed by atoms with Gasteiger partial charge in [-0.15, -0.1) is 0 Å². The third-order valence-electron chi connectivity index (χ3n) is 2.41. The predicted octanol–water partition coefficient (Wildman–Crippen LogP) is 1.40. The molecule has 0 unspecified atom stereocenters. The number of fused-ring (bicyclic) bond motifs is 1. The molecular formula is C10H13NO. The van der Waals surface area contributed by atoms with E-state index in [9.17, 15) is 5.11 Å². The van der Waals surface area contributed by atoms with Gasteiger partial charge in [-0.3, -0.25) is 0 Å². The van der Waals surface area contributed by atoms with Gasteiger partial charge in [0.25, 0.3) is 0 Å². The molecule has 2 rings (SSSR count). The number of anilines is 1. The lowest BCUT2D eigenvalue weighted by Crippen LogP contribution is -2.36. The van der Waals surface area contributed by atoms with Crippen LogP contribution in [0.25, 0.3) is 0 Å². The van der Waals surface area contributed by atoms with Crippen molar-refractivity contribution in [3.8, 4) is 0 Å². The quantitative estimate of drug-likeness (QED) is 0.606. The highest BCUT2D eigenvalue weighted by molar-refractivity contribution is 5.54. The molecule has 2 N–H and O–H groups in total. The Morgan fingerprint density at radius 3 is 3.00 bits per heavy atom. The highest BCUT2D eigenvalue weighted by atomic mass is 16.3. The summed E-state index contributed by atoms with van der Waals surface area (Å²) >= 11 is 0. The molecule has 1 aliphatic heterocycles. The molecule has 0 amide bonds. The second kappa shape index (κ2) is 2.79. The zero-order chi connectivity index (χ0) is 8.55. The van der Waals surface area contributed by atoms with Crippen LogP contribution in [0.1, 0.15) is 12.5 Å². The third-order valence-corrected chi connectivity index (χ3v) is 2.41. The van der Waals surface area contributed by atoms with Gasteiger partial charge in [0.1, 0.15) is 0 Å². The van der Waals surface area contributed by atoms with Crippen molar-refractivity contribution in [1.29, 1.82) is 0 Å². The Balaban J connectivity index is 2.34. The van der Waals surface area contributed by atoms with Crippen molar-refractivity contribution in [1.82, 2.24) is 0 Å². The van der Waals surface area contributed by atoms with Crippen molar-refractivity contribution in [3.63, 3.8) is 0 Å². The summed E-state index contributed by atoms with van der Waals surface area (Å²) < 4.78 is 0. The van der Waals surface area contributed by atoms with Crippen LogP contribution in [0.5, 0.6) is 0 Å². The van der Waals surface area contributed by atoms with Crippen LogP contribution >= 0.6 is 0 Å². The number of nitrogens with one attached hydrogen (secondary N) is 1. The Bertz CT molecular complexity index is 256. The second-order valence-corrected chi connectivity index (χ2v) is 3.36. The number of aliphatic hydroxyl groups excluding tert-OH is 1. The predicted molar refractivity (Wildman–Crippen MR) is 49.2 cm³/mol. The molecule has 1 heterocycles. The minimum atomic E-state index is -0.250. The molecule has 12 heavy (non-hydrogen) atoms. The van der Waals surface area contributed by atoms with Gasteiger partial charge in [0.2, 0.25) is 0 Å². The van der Waals surface area contributed by atoms with E-state index in [1.807, 2.05) is 19.1 Å². The molecule has 0 aliphatic carbocycles. The third kappa shape index (κ3) is 1.18. The van der Waals surface area contributed by atoms with Crippen LogP contribution in [-0.2, 0) is 6.42 Å². The highest BCUT2D eigenvalue weighted by Gasteiger charge is 2.21. The molecule has 0 saturated carbocycles. The van der Waals surface area contributed by atoms with E-state index in [4.69, 9.17) is 0 Å². The summed E-state index contributed by atoms with van der Waals surface area (Å²) in [6.45, 7) is 2.00. The van der Waals surface area contributed by atoms with E-state index in [1.165, 1.54) is 5.56 Å². The SMILES string of the molecule is C[C@@H]1Nc2ccccc2C[C@H]1O. The van der Waals surface area contributed by atoms with Crippen LogP contribution in [0, 0.1) is 0 Å². The smallest absolute Gasteiger partial charge is 0.0779 e. The van der Waals surface area contributed by atoms with E-state index in [1.54, 1.807) is 0 Å². The minimum Gasteiger partial charge on any atom is -0.391 e.